The Hall–Kier alpha value is -3.48. The number of carbonyl (C=O) groups is 3. The van der Waals surface area contributed by atoms with Crippen LogP contribution in [0.25, 0.3) is 0 Å². The van der Waals surface area contributed by atoms with Gasteiger partial charge in [0.05, 0.1) is 19.9 Å². The number of nitrogens with one attached hydrogen (secondary N) is 1. The van der Waals surface area contributed by atoms with Gasteiger partial charge in [0, 0.05) is 5.56 Å². The molecule has 0 bridgehead atoms. The van der Waals surface area contributed by atoms with Crippen molar-refractivity contribution in [2.45, 2.75) is 0 Å². The minimum atomic E-state index is -1.17. The zero-order valence-electron chi connectivity index (χ0n) is 13.7. The number of methoxy groups -OCH3 is 2. The lowest BCUT2D eigenvalue weighted by atomic mass is 10.0. The molecule has 0 aromatic heterocycles. The summed E-state index contributed by atoms with van der Waals surface area (Å²) in [6.45, 7) is 0. The Balaban J connectivity index is 2.34. The van der Waals surface area contributed by atoms with E-state index in [4.69, 9.17) is 4.74 Å². The number of hydrogen-bond donors (Lipinski definition) is 1. The van der Waals surface area contributed by atoms with E-state index in [1.54, 1.807) is 42.5 Å². The Kier molecular flexibility index (Phi) is 6.00. The molecule has 25 heavy (non-hydrogen) atoms. The summed E-state index contributed by atoms with van der Waals surface area (Å²) in [5.41, 5.74) is 2.77. The maximum absolute atomic E-state index is 12.6. The Bertz CT molecular complexity index is 798. The van der Waals surface area contributed by atoms with Crippen LogP contribution in [0.1, 0.15) is 10.4 Å². The lowest BCUT2D eigenvalue weighted by molar-refractivity contribution is -0.148. The zero-order chi connectivity index (χ0) is 18.2. The molecule has 0 saturated carbocycles. The van der Waals surface area contributed by atoms with E-state index in [1.165, 1.54) is 19.2 Å². The van der Waals surface area contributed by atoms with E-state index < -0.39 is 23.2 Å². The standard InChI is InChI=1S/C18H16N2O5/c1-24-14-10-8-12(9-11-14)16(21)15(17(22)18(23)25-2)20-19-13-6-4-3-5-7-13/h3-11,19H,1-2H3. The number of para-hydroxylation sites is 1. The summed E-state index contributed by atoms with van der Waals surface area (Å²) in [4.78, 5) is 36.3. The second kappa shape index (κ2) is 8.39. The molecule has 0 saturated heterocycles. The van der Waals surface area contributed by atoms with Crippen LogP contribution in [-0.2, 0) is 14.3 Å². The number of anilines is 1. The van der Waals surface area contributed by atoms with Gasteiger partial charge in [-0.3, -0.25) is 15.0 Å². The Morgan fingerprint density at radius 2 is 1.56 bits per heavy atom. The molecule has 0 aliphatic carbocycles. The molecule has 0 amide bonds. The minimum absolute atomic E-state index is 0.187. The normalized spacial score (nSPS) is 10.7. The van der Waals surface area contributed by atoms with Crippen LogP contribution in [0.15, 0.2) is 59.7 Å². The van der Waals surface area contributed by atoms with E-state index in [0.717, 1.165) is 7.11 Å². The number of rotatable bonds is 7. The largest absolute Gasteiger partial charge is 0.497 e. The molecule has 1 N–H and O–H groups in total. The van der Waals surface area contributed by atoms with Crippen molar-refractivity contribution in [1.82, 2.24) is 0 Å². The van der Waals surface area contributed by atoms with Gasteiger partial charge in [-0.05, 0) is 36.4 Å². The van der Waals surface area contributed by atoms with Crippen molar-refractivity contribution < 1.29 is 23.9 Å². The first kappa shape index (κ1) is 17.9. The maximum atomic E-state index is 12.6. The van der Waals surface area contributed by atoms with Crippen LogP contribution in [0.3, 0.4) is 0 Å². The van der Waals surface area contributed by atoms with Gasteiger partial charge in [-0.2, -0.15) is 5.10 Å². The number of hydrogen-bond acceptors (Lipinski definition) is 7. The molecule has 0 fully saturated rings. The van der Waals surface area contributed by atoms with Crippen LogP contribution in [0.2, 0.25) is 0 Å². The van der Waals surface area contributed by atoms with Gasteiger partial charge in [0.25, 0.3) is 5.78 Å². The quantitative estimate of drug-likeness (QED) is 0.207. The number of hydrazone groups is 1. The smallest absolute Gasteiger partial charge is 0.381 e. The molecule has 7 nitrogen and oxygen atoms in total. The molecule has 128 valence electrons. The SMILES string of the molecule is COC(=O)C(=O)C(=NNc1ccccc1)C(=O)c1ccc(OC)cc1. The van der Waals surface area contributed by atoms with Crippen molar-refractivity contribution in [3.05, 3.63) is 60.2 Å². The molecule has 0 heterocycles. The summed E-state index contributed by atoms with van der Waals surface area (Å²) in [5, 5.41) is 3.82. The van der Waals surface area contributed by atoms with E-state index in [2.05, 4.69) is 15.3 Å². The monoisotopic (exact) mass is 340 g/mol. The van der Waals surface area contributed by atoms with Crippen molar-refractivity contribution in [3.63, 3.8) is 0 Å². The third-order valence-corrected chi connectivity index (χ3v) is 3.22. The summed E-state index contributed by atoms with van der Waals surface area (Å²) in [6.07, 6.45) is 0. The first-order valence-corrected chi connectivity index (χ1v) is 7.27. The summed E-state index contributed by atoms with van der Waals surface area (Å²) in [7, 11) is 2.55. The third-order valence-electron chi connectivity index (χ3n) is 3.22. The fourth-order valence-corrected chi connectivity index (χ4v) is 1.91. The van der Waals surface area contributed by atoms with Gasteiger partial charge in [0.1, 0.15) is 5.75 Å². The highest BCUT2D eigenvalue weighted by atomic mass is 16.5. The third kappa shape index (κ3) is 4.51. The Labute approximate surface area is 144 Å². The average molecular weight is 340 g/mol. The topological polar surface area (TPSA) is 94.1 Å². The number of Topliss-reactive ketones (excluding diaryl/α,β-unsaturated/α-hetero) is 2. The molecule has 0 unspecified atom stereocenters. The number of carbonyl (C=O) groups excluding carboxylic acids is 3. The van der Waals surface area contributed by atoms with Crippen molar-refractivity contribution >= 4 is 28.9 Å². The molecule has 0 radical (unpaired) electrons. The van der Waals surface area contributed by atoms with Crippen LogP contribution >= 0.6 is 0 Å². The van der Waals surface area contributed by atoms with Crippen LogP contribution in [0.5, 0.6) is 5.75 Å². The van der Waals surface area contributed by atoms with Crippen LogP contribution in [-0.4, -0.2) is 37.5 Å². The summed E-state index contributed by atoms with van der Waals surface area (Å²) in [6, 6.07) is 14.8. The highest BCUT2D eigenvalue weighted by molar-refractivity contribution is 6.80. The highest BCUT2D eigenvalue weighted by Gasteiger charge is 2.29. The number of ketones is 2. The van der Waals surface area contributed by atoms with Gasteiger partial charge < -0.3 is 9.47 Å². The summed E-state index contributed by atoms with van der Waals surface area (Å²) in [5.74, 6) is -2.46. The molecule has 2 aromatic carbocycles. The van der Waals surface area contributed by atoms with E-state index in [0.29, 0.717) is 11.4 Å². The molecule has 0 spiro atoms. The molecule has 2 aromatic rings. The molecule has 0 atom stereocenters. The number of benzene rings is 2. The van der Waals surface area contributed by atoms with Gasteiger partial charge >= 0.3 is 5.97 Å². The predicted octanol–water partition coefficient (Wildman–Crippen LogP) is 2.09. The second-order valence-corrected chi connectivity index (χ2v) is 4.82. The lowest BCUT2D eigenvalue weighted by Crippen LogP contribution is -2.32. The zero-order valence-corrected chi connectivity index (χ0v) is 13.7. The highest BCUT2D eigenvalue weighted by Crippen LogP contribution is 2.13. The van der Waals surface area contributed by atoms with Gasteiger partial charge in [-0.1, -0.05) is 18.2 Å². The first-order valence-electron chi connectivity index (χ1n) is 7.27. The molecular weight excluding hydrogens is 324 g/mol. The molecule has 2 rings (SSSR count). The van der Waals surface area contributed by atoms with Gasteiger partial charge in [0.15, 0.2) is 5.71 Å². The van der Waals surface area contributed by atoms with Crippen LogP contribution in [0.4, 0.5) is 5.69 Å². The van der Waals surface area contributed by atoms with E-state index in [9.17, 15) is 14.4 Å². The fraction of sp³-hybridized carbons (Fsp3) is 0.111. The van der Waals surface area contributed by atoms with Crippen molar-refractivity contribution in [2.24, 2.45) is 5.10 Å². The predicted molar refractivity (Wildman–Crippen MR) is 91.8 cm³/mol. The van der Waals surface area contributed by atoms with Crippen molar-refractivity contribution in [3.8, 4) is 5.75 Å². The minimum Gasteiger partial charge on any atom is -0.497 e. The van der Waals surface area contributed by atoms with Crippen molar-refractivity contribution in [1.29, 1.82) is 0 Å². The van der Waals surface area contributed by atoms with Gasteiger partial charge in [-0.15, -0.1) is 0 Å². The Morgan fingerprint density at radius 3 is 2.12 bits per heavy atom. The van der Waals surface area contributed by atoms with Gasteiger partial charge in [0.2, 0.25) is 5.78 Å². The van der Waals surface area contributed by atoms with Crippen LogP contribution < -0.4 is 10.2 Å². The first-order chi connectivity index (χ1) is 12.1. The molecular formula is C18H16N2O5. The maximum Gasteiger partial charge on any atom is 0.381 e. The van der Waals surface area contributed by atoms with E-state index in [1.807, 2.05) is 0 Å². The fourth-order valence-electron chi connectivity index (χ4n) is 1.91. The second-order valence-electron chi connectivity index (χ2n) is 4.82. The summed E-state index contributed by atoms with van der Waals surface area (Å²) < 4.78 is 9.42. The van der Waals surface area contributed by atoms with E-state index >= 15 is 0 Å². The molecule has 0 aliphatic heterocycles. The van der Waals surface area contributed by atoms with Gasteiger partial charge in [-0.25, -0.2) is 4.79 Å². The number of nitrogens with zero attached hydrogens (tertiary/aromatic N) is 1. The number of ether oxygens (including phenoxy) is 2. The van der Waals surface area contributed by atoms with Crippen LogP contribution in [0, 0.1) is 0 Å². The number of esters is 1. The molecule has 7 heteroatoms. The van der Waals surface area contributed by atoms with E-state index in [-0.39, 0.29) is 5.56 Å². The summed E-state index contributed by atoms with van der Waals surface area (Å²) >= 11 is 0. The average Bonchev–Trinajstić information content (AvgIpc) is 2.68. The van der Waals surface area contributed by atoms with Crippen molar-refractivity contribution in [2.75, 3.05) is 19.6 Å². The molecule has 0 aliphatic rings. The Morgan fingerprint density at radius 1 is 0.920 bits per heavy atom. The lowest BCUT2D eigenvalue weighted by Gasteiger charge is -2.06.